The maximum Gasteiger partial charge on any atom is 0.0925 e. The Balaban J connectivity index is 2.00. The molecule has 0 N–H and O–H groups in total. The number of nitrogens with zero attached hydrogens (tertiary/aromatic N) is 1. The lowest BCUT2D eigenvalue weighted by molar-refractivity contribution is 0.243. The van der Waals surface area contributed by atoms with Crippen molar-refractivity contribution in [2.24, 2.45) is 17.0 Å². The normalized spacial score (nSPS) is 41.8. The molecule has 0 amide bonds. The first-order valence-corrected chi connectivity index (χ1v) is 5.21. The molecule has 68 valence electrons. The van der Waals surface area contributed by atoms with E-state index in [0.29, 0.717) is 0 Å². The quantitative estimate of drug-likeness (QED) is 0.552. The molecule has 0 aromatic heterocycles. The molecule has 2 aliphatic rings. The Hall–Kier alpha value is -0.400. The van der Waals surface area contributed by atoms with Crippen LogP contribution in [0.2, 0.25) is 0 Å². The minimum atomic E-state index is 0.159. The van der Waals surface area contributed by atoms with Crippen molar-refractivity contribution >= 4 is 0 Å². The highest BCUT2D eigenvalue weighted by Crippen LogP contribution is 2.39. The van der Waals surface area contributed by atoms with Gasteiger partial charge in [-0.25, -0.2) is 0 Å². The van der Waals surface area contributed by atoms with Crippen LogP contribution in [0.15, 0.2) is 5.18 Å². The van der Waals surface area contributed by atoms with Gasteiger partial charge in [-0.1, -0.05) is 30.9 Å². The van der Waals surface area contributed by atoms with E-state index in [-0.39, 0.29) is 6.04 Å². The second-order valence-corrected chi connectivity index (χ2v) is 4.48. The van der Waals surface area contributed by atoms with E-state index < -0.39 is 0 Å². The summed E-state index contributed by atoms with van der Waals surface area (Å²) in [5.74, 6) is 1.66. The van der Waals surface area contributed by atoms with Crippen molar-refractivity contribution in [3.05, 3.63) is 4.91 Å². The summed E-state index contributed by atoms with van der Waals surface area (Å²) in [6, 6.07) is 0.159. The van der Waals surface area contributed by atoms with E-state index in [1.165, 1.54) is 32.1 Å². The van der Waals surface area contributed by atoms with Crippen molar-refractivity contribution in [3.63, 3.8) is 0 Å². The van der Waals surface area contributed by atoms with Gasteiger partial charge in [0.15, 0.2) is 0 Å². The van der Waals surface area contributed by atoms with E-state index in [4.69, 9.17) is 0 Å². The molecule has 2 nitrogen and oxygen atoms in total. The van der Waals surface area contributed by atoms with Crippen LogP contribution in [0, 0.1) is 16.7 Å². The smallest absolute Gasteiger partial charge is 0.0925 e. The highest BCUT2D eigenvalue weighted by atomic mass is 16.3. The molecule has 0 radical (unpaired) electrons. The Labute approximate surface area is 73.7 Å². The molecule has 2 bridgehead atoms. The Bertz CT molecular complexity index is 155. The number of fused-ring (bicyclic) bond motifs is 2. The van der Waals surface area contributed by atoms with Crippen LogP contribution in [0.4, 0.5) is 0 Å². The summed E-state index contributed by atoms with van der Waals surface area (Å²) in [6.07, 6.45) is 9.01. The largest absolute Gasteiger partial charge is 0.151 e. The van der Waals surface area contributed by atoms with Gasteiger partial charge in [-0.3, -0.25) is 0 Å². The molecule has 12 heavy (non-hydrogen) atoms. The molecule has 2 saturated carbocycles. The van der Waals surface area contributed by atoms with Gasteiger partial charge in [-0.05, 0) is 31.1 Å². The molecule has 2 heteroatoms. The van der Waals surface area contributed by atoms with Gasteiger partial charge in [-0.2, -0.15) is 4.91 Å². The first kappa shape index (κ1) is 8.21. The lowest BCUT2D eigenvalue weighted by atomic mass is 9.78. The highest BCUT2D eigenvalue weighted by molar-refractivity contribution is 4.84. The number of hydrogen-bond donors (Lipinski definition) is 0. The molecule has 0 spiro atoms. The van der Waals surface area contributed by atoms with Crippen molar-refractivity contribution in [3.8, 4) is 0 Å². The van der Waals surface area contributed by atoms with Gasteiger partial charge in [0.2, 0.25) is 0 Å². The van der Waals surface area contributed by atoms with Crippen molar-refractivity contribution < 1.29 is 0 Å². The van der Waals surface area contributed by atoms with Crippen molar-refractivity contribution in [2.45, 2.75) is 51.0 Å². The van der Waals surface area contributed by atoms with E-state index in [2.05, 4.69) is 5.18 Å². The fourth-order valence-corrected chi connectivity index (χ4v) is 2.95. The molecule has 2 unspecified atom stereocenters. The third kappa shape index (κ3) is 1.67. The van der Waals surface area contributed by atoms with Crippen molar-refractivity contribution in [2.75, 3.05) is 0 Å². The maximum absolute atomic E-state index is 10.5. The molecule has 0 heterocycles. The summed E-state index contributed by atoms with van der Waals surface area (Å²) >= 11 is 0. The zero-order valence-electron chi connectivity index (χ0n) is 7.54. The fraction of sp³-hybridized carbons (Fsp3) is 1.00. The van der Waals surface area contributed by atoms with Crippen LogP contribution < -0.4 is 0 Å². The van der Waals surface area contributed by atoms with Crippen LogP contribution in [-0.4, -0.2) is 6.04 Å². The number of rotatable bonds is 1. The van der Waals surface area contributed by atoms with Crippen LogP contribution in [-0.2, 0) is 0 Å². The predicted octanol–water partition coefficient (Wildman–Crippen LogP) is 3.11. The third-order valence-electron chi connectivity index (χ3n) is 3.50. The third-order valence-corrected chi connectivity index (χ3v) is 3.50. The minimum absolute atomic E-state index is 0.159. The first-order chi connectivity index (χ1) is 5.88. The number of nitroso groups, excluding NO2 is 1. The van der Waals surface area contributed by atoms with Crippen LogP contribution in [0.25, 0.3) is 0 Å². The summed E-state index contributed by atoms with van der Waals surface area (Å²) < 4.78 is 0. The zero-order chi connectivity index (χ0) is 8.39. The second kappa shape index (κ2) is 3.55. The summed E-state index contributed by atoms with van der Waals surface area (Å²) in [5.41, 5.74) is 0. The summed E-state index contributed by atoms with van der Waals surface area (Å²) in [6.45, 7) is 0. The Morgan fingerprint density at radius 1 is 0.917 bits per heavy atom. The van der Waals surface area contributed by atoms with E-state index >= 15 is 0 Å². The molecule has 2 fully saturated rings. The summed E-state index contributed by atoms with van der Waals surface area (Å²) in [4.78, 5) is 10.5. The van der Waals surface area contributed by atoms with E-state index in [9.17, 15) is 4.91 Å². The molecule has 0 aromatic rings. The van der Waals surface area contributed by atoms with Crippen LogP contribution in [0.5, 0.6) is 0 Å². The van der Waals surface area contributed by atoms with Crippen molar-refractivity contribution in [1.29, 1.82) is 0 Å². The lowest BCUT2D eigenvalue weighted by Gasteiger charge is -2.29. The molecule has 0 aliphatic heterocycles. The predicted molar refractivity (Wildman–Crippen MR) is 48.9 cm³/mol. The Kier molecular flexibility index (Phi) is 2.43. The van der Waals surface area contributed by atoms with Crippen molar-refractivity contribution in [1.82, 2.24) is 0 Å². The Morgan fingerprint density at radius 3 is 2.00 bits per heavy atom. The van der Waals surface area contributed by atoms with Gasteiger partial charge in [-0.15, -0.1) is 0 Å². The average molecular weight is 167 g/mol. The first-order valence-electron chi connectivity index (χ1n) is 5.21. The molecule has 2 atom stereocenters. The lowest BCUT2D eigenvalue weighted by Crippen LogP contribution is -2.23. The van der Waals surface area contributed by atoms with Gasteiger partial charge < -0.3 is 0 Å². The number of hydrogen-bond acceptors (Lipinski definition) is 2. The summed E-state index contributed by atoms with van der Waals surface area (Å²) in [5, 5.41) is 3.22. The van der Waals surface area contributed by atoms with Gasteiger partial charge in [0.05, 0.1) is 6.04 Å². The van der Waals surface area contributed by atoms with Gasteiger partial charge in [0.1, 0.15) is 0 Å². The highest BCUT2D eigenvalue weighted by Gasteiger charge is 2.30. The Morgan fingerprint density at radius 2 is 1.50 bits per heavy atom. The minimum Gasteiger partial charge on any atom is -0.151 e. The van der Waals surface area contributed by atoms with Gasteiger partial charge in [0, 0.05) is 0 Å². The van der Waals surface area contributed by atoms with Crippen LogP contribution in [0.1, 0.15) is 44.9 Å². The molecule has 0 aromatic carbocycles. The summed E-state index contributed by atoms with van der Waals surface area (Å²) in [7, 11) is 0. The van der Waals surface area contributed by atoms with E-state index in [1.54, 1.807) is 0 Å². The maximum atomic E-state index is 10.5. The SMILES string of the molecule is O=NC1CC2CCCCC(C2)C1. The molecular formula is C10H17NO. The topological polar surface area (TPSA) is 29.4 Å². The zero-order valence-corrected chi connectivity index (χ0v) is 7.54. The van der Waals surface area contributed by atoms with E-state index in [1.807, 2.05) is 0 Å². The molecule has 2 rings (SSSR count). The van der Waals surface area contributed by atoms with Gasteiger partial charge in [0.25, 0.3) is 0 Å². The molecule has 0 saturated heterocycles. The molecule has 2 aliphatic carbocycles. The monoisotopic (exact) mass is 167 g/mol. The average Bonchev–Trinajstić information content (AvgIpc) is 2.27. The van der Waals surface area contributed by atoms with Crippen LogP contribution in [0.3, 0.4) is 0 Å². The van der Waals surface area contributed by atoms with Gasteiger partial charge >= 0.3 is 0 Å². The second-order valence-electron chi connectivity index (χ2n) is 4.48. The molecular weight excluding hydrogens is 150 g/mol. The fourth-order valence-electron chi connectivity index (χ4n) is 2.95. The van der Waals surface area contributed by atoms with Crippen LogP contribution >= 0.6 is 0 Å². The standard InChI is InChI=1S/C10H17NO/c12-11-10-6-8-3-1-2-4-9(5-8)7-10/h8-10H,1-7H2. The van der Waals surface area contributed by atoms with E-state index in [0.717, 1.165) is 24.7 Å².